The first-order valence-electron chi connectivity index (χ1n) is 3.57. The summed E-state index contributed by atoms with van der Waals surface area (Å²) in [7, 11) is 0. The first-order chi connectivity index (χ1) is 4.88. The van der Waals surface area contributed by atoms with Gasteiger partial charge in [-0.2, -0.15) is 5.10 Å². The summed E-state index contributed by atoms with van der Waals surface area (Å²) in [6.45, 7) is 0. The molecule has 1 heterocycles. The van der Waals surface area contributed by atoms with E-state index in [4.69, 9.17) is 0 Å². The van der Waals surface area contributed by atoms with Crippen molar-refractivity contribution in [3.8, 4) is 0 Å². The molecule has 54 valence electrons. The van der Waals surface area contributed by atoms with Crippen molar-refractivity contribution < 1.29 is 0 Å². The molecule has 1 aromatic rings. The molecule has 1 saturated carbocycles. The van der Waals surface area contributed by atoms with E-state index in [1.165, 1.54) is 19.3 Å². The summed E-state index contributed by atoms with van der Waals surface area (Å²) in [6.07, 6.45) is 5.78. The molecule has 0 atom stereocenters. The van der Waals surface area contributed by atoms with Crippen molar-refractivity contribution in [1.29, 1.82) is 0 Å². The number of hydrogen-bond acceptors (Lipinski definition) is 1. The highest BCUT2D eigenvalue weighted by molar-refractivity contribution is 9.10. The monoisotopic (exact) mass is 200 g/mol. The van der Waals surface area contributed by atoms with Crippen molar-refractivity contribution in [3.05, 3.63) is 16.9 Å². The third kappa shape index (κ3) is 0.888. The Morgan fingerprint density at radius 1 is 1.60 bits per heavy atom. The molecule has 3 heteroatoms. The molecule has 0 bridgehead atoms. The van der Waals surface area contributed by atoms with Crippen molar-refractivity contribution in [2.45, 2.75) is 25.3 Å². The van der Waals surface area contributed by atoms with Crippen LogP contribution in [0.15, 0.2) is 16.9 Å². The number of hydrogen-bond donors (Lipinski definition) is 0. The highest BCUT2D eigenvalue weighted by atomic mass is 79.9. The van der Waals surface area contributed by atoms with Gasteiger partial charge in [0.05, 0.1) is 12.2 Å². The van der Waals surface area contributed by atoms with Crippen molar-refractivity contribution in [2.75, 3.05) is 0 Å². The van der Waals surface area contributed by atoms with E-state index in [9.17, 15) is 0 Å². The summed E-state index contributed by atoms with van der Waals surface area (Å²) < 4.78 is 3.17. The van der Waals surface area contributed by atoms with Crippen LogP contribution in [0.2, 0.25) is 0 Å². The van der Waals surface area contributed by atoms with Gasteiger partial charge in [-0.3, -0.25) is 4.68 Å². The zero-order valence-corrected chi connectivity index (χ0v) is 7.21. The van der Waals surface area contributed by atoms with Crippen LogP contribution in [0.5, 0.6) is 0 Å². The van der Waals surface area contributed by atoms with Gasteiger partial charge in [0.1, 0.15) is 4.60 Å². The minimum absolute atomic E-state index is 0.671. The molecule has 10 heavy (non-hydrogen) atoms. The van der Waals surface area contributed by atoms with Crippen molar-refractivity contribution in [1.82, 2.24) is 9.78 Å². The predicted octanol–water partition coefficient (Wildman–Crippen LogP) is 2.37. The quantitative estimate of drug-likeness (QED) is 0.681. The summed E-state index contributed by atoms with van der Waals surface area (Å²) in [4.78, 5) is 0. The van der Waals surface area contributed by atoms with Crippen LogP contribution in [0, 0.1) is 0 Å². The van der Waals surface area contributed by atoms with Gasteiger partial charge in [0.15, 0.2) is 0 Å². The van der Waals surface area contributed by atoms with E-state index in [1.54, 1.807) is 0 Å². The maximum absolute atomic E-state index is 4.21. The first kappa shape index (κ1) is 6.40. The standard InChI is InChI=1S/C7H9BrN2/c8-7-4-5-9-10(7)6-2-1-3-6/h4-6H,1-3H2. The molecule has 2 rings (SSSR count). The first-order valence-corrected chi connectivity index (χ1v) is 4.36. The van der Waals surface area contributed by atoms with Gasteiger partial charge in [0.25, 0.3) is 0 Å². The Labute approximate surface area is 68.4 Å². The third-order valence-electron chi connectivity index (χ3n) is 2.04. The highest BCUT2D eigenvalue weighted by Gasteiger charge is 2.20. The fourth-order valence-electron chi connectivity index (χ4n) is 1.20. The summed E-state index contributed by atoms with van der Waals surface area (Å²) in [5, 5.41) is 4.21. The fourth-order valence-corrected chi connectivity index (χ4v) is 1.70. The molecule has 1 aromatic heterocycles. The molecule has 0 amide bonds. The fraction of sp³-hybridized carbons (Fsp3) is 0.571. The zero-order valence-electron chi connectivity index (χ0n) is 5.63. The lowest BCUT2D eigenvalue weighted by molar-refractivity contribution is 0.285. The average Bonchev–Trinajstić information content (AvgIpc) is 2.12. The second-order valence-corrected chi connectivity index (χ2v) is 3.50. The largest absolute Gasteiger partial charge is 0.255 e. The number of aromatic nitrogens is 2. The van der Waals surface area contributed by atoms with Crippen LogP contribution in [0.4, 0.5) is 0 Å². The van der Waals surface area contributed by atoms with Gasteiger partial charge in [-0.05, 0) is 41.3 Å². The Balaban J connectivity index is 2.23. The van der Waals surface area contributed by atoms with Gasteiger partial charge in [0, 0.05) is 0 Å². The van der Waals surface area contributed by atoms with Crippen LogP contribution in [0.1, 0.15) is 25.3 Å². The Bertz CT molecular complexity index is 227. The van der Waals surface area contributed by atoms with Gasteiger partial charge >= 0.3 is 0 Å². The predicted molar refractivity (Wildman–Crippen MR) is 42.8 cm³/mol. The smallest absolute Gasteiger partial charge is 0.104 e. The minimum Gasteiger partial charge on any atom is -0.255 e. The maximum Gasteiger partial charge on any atom is 0.104 e. The van der Waals surface area contributed by atoms with Crippen LogP contribution >= 0.6 is 15.9 Å². The van der Waals surface area contributed by atoms with Crippen LogP contribution < -0.4 is 0 Å². The van der Waals surface area contributed by atoms with Gasteiger partial charge in [-0.15, -0.1) is 0 Å². The van der Waals surface area contributed by atoms with E-state index >= 15 is 0 Å². The highest BCUT2D eigenvalue weighted by Crippen LogP contribution is 2.32. The molecular weight excluding hydrogens is 192 g/mol. The van der Waals surface area contributed by atoms with Crippen molar-refractivity contribution in [3.63, 3.8) is 0 Å². The summed E-state index contributed by atoms with van der Waals surface area (Å²) >= 11 is 3.44. The normalized spacial score (nSPS) is 18.9. The second kappa shape index (κ2) is 2.38. The molecule has 0 aliphatic heterocycles. The molecule has 0 spiro atoms. The van der Waals surface area contributed by atoms with E-state index in [0.717, 1.165) is 4.60 Å². The van der Waals surface area contributed by atoms with Gasteiger partial charge in [0.2, 0.25) is 0 Å². The van der Waals surface area contributed by atoms with E-state index in [2.05, 4.69) is 25.7 Å². The molecule has 0 unspecified atom stereocenters. The van der Waals surface area contributed by atoms with Crippen molar-refractivity contribution >= 4 is 15.9 Å². The molecule has 1 fully saturated rings. The second-order valence-electron chi connectivity index (χ2n) is 2.68. The molecule has 0 saturated heterocycles. The Morgan fingerprint density at radius 3 is 2.80 bits per heavy atom. The third-order valence-corrected chi connectivity index (χ3v) is 2.67. The minimum atomic E-state index is 0.671. The lowest BCUT2D eigenvalue weighted by atomic mass is 9.93. The number of nitrogens with zero attached hydrogens (tertiary/aromatic N) is 2. The molecule has 0 radical (unpaired) electrons. The van der Waals surface area contributed by atoms with Crippen LogP contribution in [-0.4, -0.2) is 9.78 Å². The molecule has 1 aliphatic carbocycles. The van der Waals surface area contributed by atoms with E-state index in [0.29, 0.717) is 6.04 Å². The summed E-state index contributed by atoms with van der Waals surface area (Å²) in [6, 6.07) is 2.66. The molecular formula is C7H9BrN2. The SMILES string of the molecule is Brc1ccnn1C1CCC1. The number of halogens is 1. The average molecular weight is 201 g/mol. The van der Waals surface area contributed by atoms with Crippen LogP contribution in [0.25, 0.3) is 0 Å². The lowest BCUT2D eigenvalue weighted by Gasteiger charge is -2.26. The van der Waals surface area contributed by atoms with Crippen LogP contribution in [-0.2, 0) is 0 Å². The van der Waals surface area contributed by atoms with Gasteiger partial charge in [-0.25, -0.2) is 0 Å². The van der Waals surface area contributed by atoms with Gasteiger partial charge < -0.3 is 0 Å². The Morgan fingerprint density at radius 2 is 2.40 bits per heavy atom. The lowest BCUT2D eigenvalue weighted by Crippen LogP contribution is -2.18. The topological polar surface area (TPSA) is 17.8 Å². The molecule has 0 aromatic carbocycles. The molecule has 1 aliphatic rings. The van der Waals surface area contributed by atoms with E-state index < -0.39 is 0 Å². The van der Waals surface area contributed by atoms with Crippen molar-refractivity contribution in [2.24, 2.45) is 0 Å². The number of rotatable bonds is 1. The van der Waals surface area contributed by atoms with Crippen LogP contribution in [0.3, 0.4) is 0 Å². The van der Waals surface area contributed by atoms with Gasteiger partial charge in [-0.1, -0.05) is 0 Å². The zero-order chi connectivity index (χ0) is 6.97. The molecule has 0 N–H and O–H groups in total. The van der Waals surface area contributed by atoms with E-state index in [-0.39, 0.29) is 0 Å². The maximum atomic E-state index is 4.21. The molecule has 2 nitrogen and oxygen atoms in total. The van der Waals surface area contributed by atoms with E-state index in [1.807, 2.05) is 12.3 Å². The Hall–Kier alpha value is -0.310. The summed E-state index contributed by atoms with van der Waals surface area (Å²) in [5.41, 5.74) is 0. The summed E-state index contributed by atoms with van der Waals surface area (Å²) in [5.74, 6) is 0. The Kier molecular flexibility index (Phi) is 1.52.